The van der Waals surface area contributed by atoms with Gasteiger partial charge in [0.1, 0.15) is 6.17 Å². The van der Waals surface area contributed by atoms with Gasteiger partial charge in [0, 0.05) is 6.04 Å². The second-order valence-corrected chi connectivity index (χ2v) is 1.54. The van der Waals surface area contributed by atoms with Crippen molar-refractivity contribution in [1.29, 1.82) is 0 Å². The summed E-state index contributed by atoms with van der Waals surface area (Å²) in [5, 5.41) is 0. The fourth-order valence-electron chi connectivity index (χ4n) is 0. The summed E-state index contributed by atoms with van der Waals surface area (Å²) in [6.45, 7) is 3.09. The lowest BCUT2D eigenvalue weighted by atomic mass is 10.3. The Morgan fingerprint density at radius 2 is 1.67 bits per heavy atom. The molecule has 0 aromatic carbocycles. The van der Waals surface area contributed by atoms with Crippen molar-refractivity contribution in [2.45, 2.75) is 26.1 Å². The Labute approximate surface area is 37.3 Å². The molecular formula is C4H10FN. The monoisotopic (exact) mass is 91.1 g/mol. The summed E-state index contributed by atoms with van der Waals surface area (Å²) in [6, 6.07) is -0.315. The molecule has 0 saturated carbocycles. The van der Waals surface area contributed by atoms with Gasteiger partial charge in [-0.2, -0.15) is 0 Å². The minimum atomic E-state index is -0.870. The molecule has 6 heavy (non-hydrogen) atoms. The second-order valence-electron chi connectivity index (χ2n) is 1.54. The van der Waals surface area contributed by atoms with Crippen LogP contribution in [0.1, 0.15) is 13.8 Å². The Balaban J connectivity index is 2.99. The largest absolute Gasteiger partial charge is 0.325 e. The molecule has 0 fully saturated rings. The quantitative estimate of drug-likeness (QED) is 0.505. The number of rotatable bonds is 1. The molecule has 1 nitrogen and oxygen atoms in total. The van der Waals surface area contributed by atoms with Crippen molar-refractivity contribution >= 4 is 0 Å². The minimum Gasteiger partial charge on any atom is -0.325 e. The lowest BCUT2D eigenvalue weighted by molar-refractivity contribution is 0.318. The molecule has 0 radical (unpaired) electrons. The molecule has 2 atom stereocenters. The lowest BCUT2D eigenvalue weighted by Gasteiger charge is -2.01. The molecule has 0 aliphatic carbocycles. The summed E-state index contributed by atoms with van der Waals surface area (Å²) in [5.41, 5.74) is 5.06. The summed E-state index contributed by atoms with van der Waals surface area (Å²) in [7, 11) is 0. The summed E-state index contributed by atoms with van der Waals surface area (Å²) >= 11 is 0. The fourth-order valence-corrected chi connectivity index (χ4v) is 0. The Morgan fingerprint density at radius 1 is 1.50 bits per heavy atom. The van der Waals surface area contributed by atoms with E-state index >= 15 is 0 Å². The van der Waals surface area contributed by atoms with Crippen LogP contribution in [0.25, 0.3) is 0 Å². The molecule has 0 amide bonds. The highest BCUT2D eigenvalue weighted by Crippen LogP contribution is 1.89. The molecule has 0 saturated heterocycles. The maximum atomic E-state index is 11.7. The van der Waals surface area contributed by atoms with Gasteiger partial charge in [0.25, 0.3) is 0 Å². The first-order valence-electron chi connectivity index (χ1n) is 2.04. The second kappa shape index (κ2) is 2.13. The van der Waals surface area contributed by atoms with E-state index in [1.54, 1.807) is 6.92 Å². The van der Waals surface area contributed by atoms with Gasteiger partial charge < -0.3 is 5.73 Å². The standard InChI is InChI=1S/C4H10FN/c1-3(5)4(2)6/h3-4H,6H2,1-2H3/t3?,4-/m0/s1. The smallest absolute Gasteiger partial charge is 0.112 e. The Kier molecular flexibility index (Phi) is 2.09. The van der Waals surface area contributed by atoms with Crippen molar-refractivity contribution in [3.63, 3.8) is 0 Å². The number of halogens is 1. The van der Waals surface area contributed by atoms with Crippen LogP contribution in [0.15, 0.2) is 0 Å². The van der Waals surface area contributed by atoms with Gasteiger partial charge in [-0.15, -0.1) is 0 Å². The molecule has 0 heterocycles. The van der Waals surface area contributed by atoms with E-state index < -0.39 is 6.17 Å². The molecule has 0 spiro atoms. The number of hydrogen-bond acceptors (Lipinski definition) is 1. The Hall–Kier alpha value is -0.110. The maximum absolute atomic E-state index is 11.7. The molecule has 0 bridgehead atoms. The van der Waals surface area contributed by atoms with E-state index in [1.165, 1.54) is 6.92 Å². The highest BCUT2D eigenvalue weighted by molar-refractivity contribution is 4.58. The van der Waals surface area contributed by atoms with E-state index in [2.05, 4.69) is 0 Å². The molecule has 0 aromatic rings. The normalized spacial score (nSPS) is 20.0. The van der Waals surface area contributed by atoms with E-state index in [9.17, 15) is 4.39 Å². The van der Waals surface area contributed by atoms with Gasteiger partial charge in [0.15, 0.2) is 0 Å². The Bertz CT molecular complexity index is 28.5. The Morgan fingerprint density at radius 3 is 1.67 bits per heavy atom. The highest BCUT2D eigenvalue weighted by atomic mass is 19.1. The molecule has 0 rings (SSSR count). The lowest BCUT2D eigenvalue weighted by Crippen LogP contribution is -2.24. The zero-order valence-corrected chi connectivity index (χ0v) is 4.11. The summed E-state index contributed by atoms with van der Waals surface area (Å²) in [6.07, 6.45) is -0.870. The van der Waals surface area contributed by atoms with Gasteiger partial charge >= 0.3 is 0 Å². The van der Waals surface area contributed by atoms with Crippen LogP contribution in [0.4, 0.5) is 4.39 Å². The highest BCUT2D eigenvalue weighted by Gasteiger charge is 2.00. The van der Waals surface area contributed by atoms with Gasteiger partial charge in [0.2, 0.25) is 0 Å². The average molecular weight is 91.1 g/mol. The van der Waals surface area contributed by atoms with E-state index in [0.717, 1.165) is 0 Å². The van der Waals surface area contributed by atoms with E-state index in [-0.39, 0.29) is 6.04 Å². The van der Waals surface area contributed by atoms with Crippen LogP contribution in [0.5, 0.6) is 0 Å². The van der Waals surface area contributed by atoms with Gasteiger partial charge in [0.05, 0.1) is 0 Å². The summed E-state index contributed by atoms with van der Waals surface area (Å²) in [5.74, 6) is 0. The molecular weight excluding hydrogens is 81.0 g/mol. The van der Waals surface area contributed by atoms with Crippen LogP contribution in [-0.2, 0) is 0 Å². The molecule has 2 N–H and O–H groups in total. The van der Waals surface area contributed by atoms with Crippen molar-refractivity contribution in [3.8, 4) is 0 Å². The summed E-state index contributed by atoms with van der Waals surface area (Å²) < 4.78 is 11.7. The topological polar surface area (TPSA) is 26.0 Å². The predicted octanol–water partition coefficient (Wildman–Crippen LogP) is 0.692. The molecule has 0 aliphatic heterocycles. The number of nitrogens with two attached hydrogens (primary N) is 1. The summed E-state index contributed by atoms with van der Waals surface area (Å²) in [4.78, 5) is 0. The molecule has 2 heteroatoms. The molecule has 0 aliphatic rings. The number of alkyl halides is 1. The van der Waals surface area contributed by atoms with E-state index in [4.69, 9.17) is 5.73 Å². The number of hydrogen-bond donors (Lipinski definition) is 1. The molecule has 0 aromatic heterocycles. The molecule has 1 unspecified atom stereocenters. The zero-order valence-electron chi connectivity index (χ0n) is 4.11. The SMILES string of the molecule is CC(F)[C@H](C)N. The first-order valence-corrected chi connectivity index (χ1v) is 2.04. The van der Waals surface area contributed by atoms with Crippen molar-refractivity contribution < 1.29 is 4.39 Å². The minimum absolute atomic E-state index is 0.315. The van der Waals surface area contributed by atoms with Gasteiger partial charge in [-0.1, -0.05) is 0 Å². The van der Waals surface area contributed by atoms with Crippen LogP contribution in [0.2, 0.25) is 0 Å². The van der Waals surface area contributed by atoms with Gasteiger partial charge in [-0.25, -0.2) is 4.39 Å². The van der Waals surface area contributed by atoms with Crippen molar-refractivity contribution in [3.05, 3.63) is 0 Å². The zero-order chi connectivity index (χ0) is 5.15. The third-order valence-corrected chi connectivity index (χ3v) is 0.725. The molecule has 38 valence electrons. The first-order chi connectivity index (χ1) is 2.64. The third kappa shape index (κ3) is 2.15. The van der Waals surface area contributed by atoms with Crippen molar-refractivity contribution in [2.24, 2.45) is 5.73 Å². The van der Waals surface area contributed by atoms with Crippen LogP contribution >= 0.6 is 0 Å². The average Bonchev–Trinajstić information content (AvgIpc) is 1.36. The van der Waals surface area contributed by atoms with Crippen LogP contribution in [0, 0.1) is 0 Å². The van der Waals surface area contributed by atoms with E-state index in [1.807, 2.05) is 0 Å². The van der Waals surface area contributed by atoms with Crippen LogP contribution in [0.3, 0.4) is 0 Å². The van der Waals surface area contributed by atoms with Crippen LogP contribution in [-0.4, -0.2) is 12.2 Å². The fraction of sp³-hybridized carbons (Fsp3) is 1.00. The van der Waals surface area contributed by atoms with Gasteiger partial charge in [-0.05, 0) is 13.8 Å². The van der Waals surface area contributed by atoms with E-state index in [0.29, 0.717) is 0 Å². The first kappa shape index (κ1) is 5.89. The van der Waals surface area contributed by atoms with Gasteiger partial charge in [-0.3, -0.25) is 0 Å². The maximum Gasteiger partial charge on any atom is 0.112 e. The predicted molar refractivity (Wildman–Crippen MR) is 24.2 cm³/mol. The van der Waals surface area contributed by atoms with Crippen molar-refractivity contribution in [1.82, 2.24) is 0 Å². The van der Waals surface area contributed by atoms with Crippen molar-refractivity contribution in [2.75, 3.05) is 0 Å². The third-order valence-electron chi connectivity index (χ3n) is 0.725. The van der Waals surface area contributed by atoms with Crippen LogP contribution < -0.4 is 5.73 Å².